The van der Waals surface area contributed by atoms with Crippen LogP contribution in [-0.4, -0.2) is 81.8 Å². The van der Waals surface area contributed by atoms with Crippen molar-refractivity contribution < 1.29 is 40.4 Å². The van der Waals surface area contributed by atoms with Crippen LogP contribution in [0.15, 0.2) is 29.7 Å². The van der Waals surface area contributed by atoms with Crippen molar-refractivity contribution in [3.8, 4) is 5.88 Å². The average molecular weight is 619 g/mol. The predicted octanol–water partition coefficient (Wildman–Crippen LogP) is -0.354. The quantitative estimate of drug-likeness (QED) is 0.217. The second-order valence-corrected chi connectivity index (χ2v) is 13.3. The Labute approximate surface area is 230 Å². The van der Waals surface area contributed by atoms with Crippen molar-refractivity contribution in [2.75, 3.05) is 18.9 Å². The van der Waals surface area contributed by atoms with Crippen molar-refractivity contribution in [1.29, 1.82) is 0 Å². The lowest BCUT2D eigenvalue weighted by atomic mass is 10.2. The van der Waals surface area contributed by atoms with E-state index in [9.17, 15) is 17.8 Å². The van der Waals surface area contributed by atoms with Crippen LogP contribution in [0.25, 0.3) is 11.2 Å². The zero-order valence-electron chi connectivity index (χ0n) is 20.3. The van der Waals surface area contributed by atoms with E-state index in [0.717, 1.165) is 0 Å². The number of nitrogens with one attached hydrogen (secondary N) is 2. The molecule has 0 amide bonds. The molecule has 0 aliphatic carbocycles. The molecule has 3 fully saturated rings. The zero-order chi connectivity index (χ0) is 28.1. The van der Waals surface area contributed by atoms with Gasteiger partial charge < -0.3 is 19.9 Å². The second kappa shape index (κ2) is 10.6. The van der Waals surface area contributed by atoms with Crippen LogP contribution in [0, 0.1) is 0 Å². The minimum atomic E-state index is -4.40. The Balaban J connectivity index is 1.25. The molecule has 1 unspecified atom stereocenters. The summed E-state index contributed by atoms with van der Waals surface area (Å²) in [6.45, 7) is -4.60. The minimum Gasteiger partial charge on any atom is -0.448 e. The fraction of sp³-hybridized carbons (Fsp3) is 0.526. The molecule has 40 heavy (non-hydrogen) atoms. The van der Waals surface area contributed by atoms with Crippen LogP contribution in [0.2, 0.25) is 0 Å². The summed E-state index contributed by atoms with van der Waals surface area (Å²) in [7, 11) is -4.40. The lowest BCUT2D eigenvalue weighted by molar-refractivity contribution is -0.0784. The maximum Gasteiger partial charge on any atom is 0.386 e. The summed E-state index contributed by atoms with van der Waals surface area (Å²) in [5.41, 5.74) is 5.10. The number of rotatable bonds is 3. The highest BCUT2D eigenvalue weighted by Crippen LogP contribution is 2.56. The molecule has 3 saturated heterocycles. The maximum atomic E-state index is 13.1. The minimum absolute atomic E-state index is 0.00406. The molecule has 0 radical (unpaired) electrons. The number of thiol groups is 1. The number of anilines is 1. The third-order valence-electron chi connectivity index (χ3n) is 6.25. The van der Waals surface area contributed by atoms with Crippen molar-refractivity contribution in [2.24, 2.45) is 0 Å². The van der Waals surface area contributed by atoms with E-state index in [1.165, 1.54) is 29.5 Å². The fourth-order valence-corrected chi connectivity index (χ4v) is 7.05. The van der Waals surface area contributed by atoms with Crippen LogP contribution >= 0.6 is 19.0 Å². The van der Waals surface area contributed by atoms with Crippen molar-refractivity contribution in [3.63, 3.8) is 0 Å². The highest BCUT2D eigenvalue weighted by molar-refractivity contribution is 8.44. The van der Waals surface area contributed by atoms with Crippen LogP contribution in [0.4, 0.5) is 5.95 Å². The van der Waals surface area contributed by atoms with E-state index in [2.05, 4.69) is 41.9 Å². The second-order valence-electron chi connectivity index (χ2n) is 9.01. The van der Waals surface area contributed by atoms with Gasteiger partial charge in [-0.15, -0.1) is 0 Å². The standard InChI is InChI=1S/C19H23N8O10PS2/c20-19-25-16-15(17(28)26-19)23-8-27(16)18-11-3-9(33-18)6-32-38(29,39)36-10-4-14(35-13-1-2-21-7-22-13)34-12(10)5-24-40(30,31)37-11/h1-2,7-12,14,18,24H,3-6H2,(H,29,39)(H3,20,25,26,28)/t9-,10-,11+,12+,14-,18+,38?/m0/s1. The molecule has 6 heterocycles. The maximum absolute atomic E-state index is 13.1. The van der Waals surface area contributed by atoms with E-state index in [1.54, 1.807) is 0 Å². The van der Waals surface area contributed by atoms with Gasteiger partial charge in [-0.05, 0) is 0 Å². The third-order valence-corrected chi connectivity index (χ3v) is 8.91. The van der Waals surface area contributed by atoms with E-state index in [0.29, 0.717) is 0 Å². The van der Waals surface area contributed by atoms with Gasteiger partial charge in [0.15, 0.2) is 17.4 Å². The van der Waals surface area contributed by atoms with Crippen molar-refractivity contribution in [3.05, 3.63) is 35.3 Å². The molecule has 3 aromatic heterocycles. The van der Waals surface area contributed by atoms with Crippen molar-refractivity contribution in [2.45, 2.75) is 49.8 Å². The van der Waals surface area contributed by atoms with Gasteiger partial charge in [-0.3, -0.25) is 23.4 Å². The molecule has 21 heteroatoms. The number of hydrogen-bond donors (Lipinski definition) is 4. The van der Waals surface area contributed by atoms with E-state index in [-0.39, 0.29) is 49.0 Å². The fourth-order valence-electron chi connectivity index (χ4n) is 4.57. The number of nitrogen functional groups attached to an aromatic ring is 1. The Morgan fingerprint density at radius 1 is 1.20 bits per heavy atom. The number of nitrogens with two attached hydrogens (primary N) is 1. The summed E-state index contributed by atoms with van der Waals surface area (Å²) in [6.07, 6.45) is -1.75. The largest absolute Gasteiger partial charge is 0.448 e. The van der Waals surface area contributed by atoms with Crippen LogP contribution in [0.3, 0.4) is 0 Å². The number of imidazole rings is 1. The van der Waals surface area contributed by atoms with Gasteiger partial charge in [0.1, 0.15) is 24.6 Å². The highest BCUT2D eigenvalue weighted by atomic mass is 32.7. The molecular weight excluding hydrogens is 595 g/mol. The molecule has 2 bridgehead atoms. The van der Waals surface area contributed by atoms with Gasteiger partial charge in [0.25, 0.3) is 5.56 Å². The van der Waals surface area contributed by atoms with Gasteiger partial charge in [-0.1, -0.05) is 12.2 Å². The summed E-state index contributed by atoms with van der Waals surface area (Å²) in [5.74, 6) is 0.0420. The first kappa shape index (κ1) is 27.5. The van der Waals surface area contributed by atoms with Gasteiger partial charge in [0.05, 0.1) is 19.0 Å². The Bertz CT molecular complexity index is 1610. The molecule has 0 aromatic carbocycles. The number of hydrogen-bond acceptors (Lipinski definition) is 15. The topological polar surface area (TPSA) is 234 Å². The highest BCUT2D eigenvalue weighted by Gasteiger charge is 2.46. The number of nitrogens with zero attached hydrogens (tertiary/aromatic N) is 5. The molecule has 4 N–H and O–H groups in total. The van der Waals surface area contributed by atoms with Gasteiger partial charge in [-0.25, -0.2) is 23.7 Å². The SMILES string of the molecule is Nc1nc2c(ncn2[C@@H]2O[C@@H]3COP(=O)(S)O[C@H]4C[C@H](Oc5ccncn5)O[C@@H]4CNS(=O)(=O)O[C@@H]2C3)c(=O)[nH]1. The monoisotopic (exact) mass is 618 g/mol. The van der Waals surface area contributed by atoms with Crippen LogP contribution in [0.5, 0.6) is 5.88 Å². The Morgan fingerprint density at radius 3 is 2.85 bits per heavy atom. The smallest absolute Gasteiger partial charge is 0.386 e. The predicted molar refractivity (Wildman–Crippen MR) is 136 cm³/mol. The Morgan fingerprint density at radius 2 is 2.05 bits per heavy atom. The van der Waals surface area contributed by atoms with Crippen LogP contribution in [0.1, 0.15) is 19.1 Å². The van der Waals surface area contributed by atoms with Gasteiger partial charge in [0.2, 0.25) is 18.1 Å². The Kier molecular flexibility index (Phi) is 7.30. The number of aromatic nitrogens is 6. The number of aromatic amines is 1. The molecule has 3 aliphatic heterocycles. The summed E-state index contributed by atoms with van der Waals surface area (Å²) in [6, 6.07) is 1.51. The molecule has 0 saturated carbocycles. The van der Waals surface area contributed by atoms with E-state index >= 15 is 0 Å². The zero-order valence-corrected chi connectivity index (χ0v) is 22.9. The summed E-state index contributed by atoms with van der Waals surface area (Å²) in [5, 5.41) is 0. The molecule has 6 rings (SSSR count). The van der Waals surface area contributed by atoms with Crippen molar-refractivity contribution >= 4 is 46.5 Å². The number of H-pyrrole nitrogens is 1. The number of ether oxygens (including phenoxy) is 3. The first-order valence-electron chi connectivity index (χ1n) is 11.8. The molecule has 3 aromatic rings. The van der Waals surface area contributed by atoms with Gasteiger partial charge in [0, 0.05) is 31.6 Å². The summed E-state index contributed by atoms with van der Waals surface area (Å²) in [4.78, 5) is 30.5. The van der Waals surface area contributed by atoms with Crippen LogP contribution < -0.4 is 20.8 Å². The van der Waals surface area contributed by atoms with E-state index in [1.807, 2.05) is 0 Å². The molecule has 18 nitrogen and oxygen atoms in total. The normalized spacial score (nSPS) is 34.4. The first-order valence-corrected chi connectivity index (χ1v) is 16.0. The van der Waals surface area contributed by atoms with E-state index in [4.69, 9.17) is 33.2 Å². The molecular formula is C19H23N8O10PS2. The van der Waals surface area contributed by atoms with E-state index < -0.39 is 59.6 Å². The van der Waals surface area contributed by atoms with Gasteiger partial charge in [-0.2, -0.15) is 18.1 Å². The molecule has 216 valence electrons. The van der Waals surface area contributed by atoms with Crippen molar-refractivity contribution in [1.82, 2.24) is 34.2 Å². The number of fused-ring (bicyclic) bond motifs is 4. The lowest BCUT2D eigenvalue weighted by Crippen LogP contribution is -2.40. The van der Waals surface area contributed by atoms with Gasteiger partial charge >= 0.3 is 17.1 Å². The van der Waals surface area contributed by atoms with Crippen LogP contribution in [-0.2, 0) is 37.6 Å². The lowest BCUT2D eigenvalue weighted by Gasteiger charge is -2.24. The third kappa shape index (κ3) is 5.85. The first-order chi connectivity index (χ1) is 19.1. The average Bonchev–Trinajstić information content (AvgIpc) is 3.58. The summed E-state index contributed by atoms with van der Waals surface area (Å²) < 4.78 is 76.8. The summed E-state index contributed by atoms with van der Waals surface area (Å²) >= 11 is 4.09. The molecule has 3 aliphatic rings. The Hall–Kier alpha value is -2.68. The molecule has 0 spiro atoms. The molecule has 7 atom stereocenters.